The van der Waals surface area contributed by atoms with Gasteiger partial charge in [-0.05, 0) is 47.7 Å². The summed E-state index contributed by atoms with van der Waals surface area (Å²) in [7, 11) is 1.88. The third-order valence-electron chi connectivity index (χ3n) is 4.69. The molecule has 4 N–H and O–H groups in total. The first kappa shape index (κ1) is 16.2. The summed E-state index contributed by atoms with van der Waals surface area (Å²) >= 11 is 6.19. The van der Waals surface area contributed by atoms with Crippen LogP contribution in [0.25, 0.3) is 0 Å². The van der Waals surface area contributed by atoms with Gasteiger partial charge in [-0.2, -0.15) is 0 Å². The van der Waals surface area contributed by atoms with Crippen molar-refractivity contribution in [3.8, 4) is 0 Å². The number of nitrogens with two attached hydrogens (primary N) is 2. The Morgan fingerprint density at radius 3 is 2.61 bits per heavy atom. The molecule has 0 unspecified atom stereocenters. The Labute approximate surface area is 141 Å². The Bertz CT molecular complexity index is 717. The van der Waals surface area contributed by atoms with E-state index in [9.17, 15) is 4.39 Å². The summed E-state index contributed by atoms with van der Waals surface area (Å²) in [5.74, 6) is 6.24. The van der Waals surface area contributed by atoms with Crippen LogP contribution >= 0.6 is 11.6 Å². The Kier molecular flexibility index (Phi) is 4.57. The molecule has 3 rings (SSSR count). The van der Waals surface area contributed by atoms with Gasteiger partial charge in [0.05, 0.1) is 0 Å². The zero-order valence-corrected chi connectivity index (χ0v) is 13.9. The van der Waals surface area contributed by atoms with Gasteiger partial charge in [0.15, 0.2) is 0 Å². The maximum atomic E-state index is 12.9. The second kappa shape index (κ2) is 6.48. The first-order valence-electron chi connectivity index (χ1n) is 7.72. The summed E-state index contributed by atoms with van der Waals surface area (Å²) in [5, 5.41) is 2.23. The van der Waals surface area contributed by atoms with E-state index in [4.69, 9.17) is 23.2 Å². The van der Waals surface area contributed by atoms with Crippen LogP contribution in [0.4, 0.5) is 10.1 Å². The van der Waals surface area contributed by atoms with Crippen LogP contribution in [-0.4, -0.2) is 12.1 Å². The maximum Gasteiger partial charge on any atom is 0.116 e. The van der Waals surface area contributed by atoms with Crippen molar-refractivity contribution in [1.29, 1.82) is 0 Å². The van der Waals surface area contributed by atoms with E-state index < -0.39 is 6.67 Å². The maximum absolute atomic E-state index is 12.9. The first-order chi connectivity index (χ1) is 11.0. The number of hydrogen-bond acceptors (Lipinski definition) is 3. The second-order valence-electron chi connectivity index (χ2n) is 6.18. The highest BCUT2D eigenvalue weighted by atomic mass is 35.5. The van der Waals surface area contributed by atoms with Crippen LogP contribution in [0, 0.1) is 0 Å². The lowest BCUT2D eigenvalue weighted by atomic mass is 9.76. The van der Waals surface area contributed by atoms with Crippen molar-refractivity contribution < 1.29 is 4.39 Å². The molecule has 0 spiro atoms. The van der Waals surface area contributed by atoms with Crippen LogP contribution in [0.15, 0.2) is 36.4 Å². The predicted molar refractivity (Wildman–Crippen MR) is 92.9 cm³/mol. The van der Waals surface area contributed by atoms with Crippen molar-refractivity contribution in [3.05, 3.63) is 63.7 Å². The monoisotopic (exact) mass is 333 g/mol. The number of anilines is 1. The van der Waals surface area contributed by atoms with Crippen molar-refractivity contribution in [2.45, 2.75) is 31.5 Å². The summed E-state index contributed by atoms with van der Waals surface area (Å²) in [5.41, 5.74) is 10.7. The average molecular weight is 334 g/mol. The van der Waals surface area contributed by atoms with E-state index >= 15 is 0 Å². The van der Waals surface area contributed by atoms with Crippen molar-refractivity contribution in [2.24, 2.45) is 5.84 Å². The third-order valence-corrected chi connectivity index (χ3v) is 5.04. The molecule has 0 heterocycles. The second-order valence-corrected chi connectivity index (χ2v) is 6.59. The van der Waals surface area contributed by atoms with Gasteiger partial charge in [0, 0.05) is 35.3 Å². The van der Waals surface area contributed by atoms with Crippen molar-refractivity contribution in [3.63, 3.8) is 0 Å². The van der Waals surface area contributed by atoms with E-state index in [1.165, 1.54) is 5.56 Å². The SMILES string of the molecule is CN(N)[C@H]1CC[C@@H](c2ccc(CF)c(Cl)c2)c2ccc(N)cc21. The molecular formula is C18H21ClFN3. The summed E-state index contributed by atoms with van der Waals surface area (Å²) < 4.78 is 12.9. The van der Waals surface area contributed by atoms with Gasteiger partial charge in [-0.15, -0.1) is 0 Å². The number of hydrazine groups is 1. The summed E-state index contributed by atoms with van der Waals surface area (Å²) in [4.78, 5) is 0. The number of alkyl halides is 1. The van der Waals surface area contributed by atoms with Crippen LogP contribution in [-0.2, 0) is 6.67 Å². The fraction of sp³-hybridized carbons (Fsp3) is 0.333. The average Bonchev–Trinajstić information content (AvgIpc) is 2.53. The number of rotatable bonds is 3. The number of halogens is 2. The normalized spacial score (nSPS) is 20.6. The van der Waals surface area contributed by atoms with Gasteiger partial charge in [-0.1, -0.05) is 29.8 Å². The highest BCUT2D eigenvalue weighted by Crippen LogP contribution is 2.43. The third kappa shape index (κ3) is 3.07. The molecule has 0 aliphatic heterocycles. The molecule has 1 aliphatic carbocycles. The fourth-order valence-electron chi connectivity index (χ4n) is 3.49. The van der Waals surface area contributed by atoms with Crippen LogP contribution < -0.4 is 11.6 Å². The fourth-order valence-corrected chi connectivity index (χ4v) is 3.73. The molecule has 0 saturated heterocycles. The molecule has 2 aromatic rings. The van der Waals surface area contributed by atoms with E-state index in [0.717, 1.165) is 29.7 Å². The van der Waals surface area contributed by atoms with Gasteiger partial charge in [0.2, 0.25) is 0 Å². The number of nitrogen functional groups attached to an aromatic ring is 1. The summed E-state index contributed by atoms with van der Waals surface area (Å²) in [6.45, 7) is -0.545. The summed E-state index contributed by atoms with van der Waals surface area (Å²) in [6, 6.07) is 11.8. The lowest BCUT2D eigenvalue weighted by Crippen LogP contribution is -2.34. The molecule has 2 aromatic carbocycles. The predicted octanol–water partition coefficient (Wildman–Crippen LogP) is 4.16. The molecular weight excluding hydrogens is 313 g/mol. The van der Waals surface area contributed by atoms with E-state index in [1.807, 2.05) is 31.3 Å². The van der Waals surface area contributed by atoms with Gasteiger partial charge < -0.3 is 5.73 Å². The number of benzene rings is 2. The Morgan fingerprint density at radius 2 is 1.96 bits per heavy atom. The van der Waals surface area contributed by atoms with Gasteiger partial charge in [-0.3, -0.25) is 5.84 Å². The van der Waals surface area contributed by atoms with Gasteiger partial charge >= 0.3 is 0 Å². The largest absolute Gasteiger partial charge is 0.399 e. The molecule has 0 fully saturated rings. The first-order valence-corrected chi connectivity index (χ1v) is 8.10. The van der Waals surface area contributed by atoms with E-state index in [-0.39, 0.29) is 12.0 Å². The van der Waals surface area contributed by atoms with Crippen LogP contribution in [0.5, 0.6) is 0 Å². The Morgan fingerprint density at radius 1 is 1.17 bits per heavy atom. The van der Waals surface area contributed by atoms with E-state index in [0.29, 0.717) is 10.6 Å². The van der Waals surface area contributed by atoms with Gasteiger partial charge in [0.25, 0.3) is 0 Å². The van der Waals surface area contributed by atoms with Crippen molar-refractivity contribution in [2.75, 3.05) is 12.8 Å². The van der Waals surface area contributed by atoms with Crippen molar-refractivity contribution in [1.82, 2.24) is 5.01 Å². The quantitative estimate of drug-likeness (QED) is 0.503. The minimum Gasteiger partial charge on any atom is -0.399 e. The van der Waals surface area contributed by atoms with E-state index in [1.54, 1.807) is 11.1 Å². The molecule has 0 aromatic heterocycles. The van der Waals surface area contributed by atoms with Crippen LogP contribution in [0.3, 0.4) is 0 Å². The Hall–Kier alpha value is -1.62. The smallest absolute Gasteiger partial charge is 0.116 e. The standard InChI is InChI=1S/C18H21ClFN3/c1-23(22)18-7-6-14(15-5-4-13(21)9-16(15)18)11-2-3-12(10-20)17(19)8-11/h2-5,8-9,14,18H,6-7,10,21-22H2,1H3/t14-,18-/m0/s1. The molecule has 5 heteroatoms. The molecule has 0 bridgehead atoms. The lowest BCUT2D eigenvalue weighted by Gasteiger charge is -2.35. The minimum atomic E-state index is -0.545. The zero-order valence-electron chi connectivity index (χ0n) is 13.1. The van der Waals surface area contributed by atoms with Gasteiger partial charge in [-0.25, -0.2) is 9.40 Å². The number of nitrogens with zero attached hydrogens (tertiary/aromatic N) is 1. The molecule has 0 saturated carbocycles. The Balaban J connectivity index is 2.05. The molecule has 3 nitrogen and oxygen atoms in total. The lowest BCUT2D eigenvalue weighted by molar-refractivity contribution is 0.223. The van der Waals surface area contributed by atoms with E-state index in [2.05, 4.69) is 6.07 Å². The molecule has 0 amide bonds. The van der Waals surface area contributed by atoms with Gasteiger partial charge in [0.1, 0.15) is 6.67 Å². The molecule has 23 heavy (non-hydrogen) atoms. The molecule has 0 radical (unpaired) electrons. The number of hydrogen-bond donors (Lipinski definition) is 2. The van der Waals surface area contributed by atoms with Crippen LogP contribution in [0.1, 0.15) is 47.1 Å². The molecule has 1 aliphatic rings. The summed E-state index contributed by atoms with van der Waals surface area (Å²) in [6.07, 6.45) is 1.91. The highest BCUT2D eigenvalue weighted by Gasteiger charge is 2.30. The zero-order chi connectivity index (χ0) is 16.6. The van der Waals surface area contributed by atoms with Crippen LogP contribution in [0.2, 0.25) is 5.02 Å². The van der Waals surface area contributed by atoms with Crippen molar-refractivity contribution >= 4 is 17.3 Å². The number of fused-ring (bicyclic) bond motifs is 1. The topological polar surface area (TPSA) is 55.3 Å². The highest BCUT2D eigenvalue weighted by molar-refractivity contribution is 6.31. The molecule has 122 valence electrons. The minimum absolute atomic E-state index is 0.158. The molecule has 2 atom stereocenters.